The Morgan fingerprint density at radius 1 is 1.24 bits per heavy atom. The number of anilines is 1. The first kappa shape index (κ1) is 12.7. The van der Waals surface area contributed by atoms with Crippen LogP contribution in [0.1, 0.15) is 37.3 Å². The second-order valence-electron chi connectivity index (χ2n) is 6.29. The summed E-state index contributed by atoms with van der Waals surface area (Å²) in [7, 11) is 1.68. The molecule has 0 spiro atoms. The quantitative estimate of drug-likeness (QED) is 0.930. The van der Waals surface area contributed by atoms with E-state index in [0.717, 1.165) is 34.4 Å². The number of ether oxygens (including phenoxy) is 1. The van der Waals surface area contributed by atoms with Crippen LogP contribution >= 0.6 is 0 Å². The molecule has 2 saturated carbocycles. The van der Waals surface area contributed by atoms with E-state index >= 15 is 0 Å². The fourth-order valence-corrected chi connectivity index (χ4v) is 4.27. The van der Waals surface area contributed by atoms with Crippen LogP contribution in [-0.4, -0.2) is 12.3 Å². The van der Waals surface area contributed by atoms with Crippen molar-refractivity contribution in [1.29, 1.82) is 0 Å². The highest BCUT2D eigenvalue weighted by Crippen LogP contribution is 2.55. The number of rotatable bonds is 3. The van der Waals surface area contributed by atoms with Gasteiger partial charge in [-0.2, -0.15) is 0 Å². The van der Waals surface area contributed by atoms with E-state index in [1.165, 1.54) is 25.7 Å². The van der Waals surface area contributed by atoms with E-state index in [0.29, 0.717) is 11.8 Å². The van der Waals surface area contributed by atoms with Crippen LogP contribution in [0.4, 0.5) is 5.88 Å². The van der Waals surface area contributed by atoms with E-state index in [2.05, 4.69) is 5.16 Å². The molecule has 1 heterocycles. The van der Waals surface area contributed by atoms with Crippen LogP contribution in [0.2, 0.25) is 0 Å². The SMILES string of the molecule is COc1ccccc1-c1c(C2CC3CCC2C3)noc1N. The monoisotopic (exact) mass is 284 g/mol. The molecule has 3 unspecified atom stereocenters. The number of fused-ring (bicyclic) bond motifs is 2. The van der Waals surface area contributed by atoms with Crippen molar-refractivity contribution in [2.45, 2.75) is 31.6 Å². The molecule has 4 nitrogen and oxygen atoms in total. The first-order chi connectivity index (χ1) is 10.3. The van der Waals surface area contributed by atoms with Gasteiger partial charge in [0.15, 0.2) is 0 Å². The van der Waals surface area contributed by atoms with Crippen molar-refractivity contribution in [2.75, 3.05) is 12.8 Å². The first-order valence-corrected chi connectivity index (χ1v) is 7.66. The highest BCUT2D eigenvalue weighted by atomic mass is 16.5. The fraction of sp³-hybridized carbons (Fsp3) is 0.471. The maximum Gasteiger partial charge on any atom is 0.230 e. The lowest BCUT2D eigenvalue weighted by atomic mass is 9.83. The molecule has 1 aromatic carbocycles. The van der Waals surface area contributed by atoms with Gasteiger partial charge in [0.2, 0.25) is 5.88 Å². The molecule has 21 heavy (non-hydrogen) atoms. The highest BCUT2D eigenvalue weighted by Gasteiger charge is 2.43. The first-order valence-electron chi connectivity index (χ1n) is 7.66. The molecule has 0 amide bonds. The van der Waals surface area contributed by atoms with Gasteiger partial charge in [0.05, 0.1) is 18.4 Å². The van der Waals surface area contributed by atoms with Crippen molar-refractivity contribution in [2.24, 2.45) is 11.8 Å². The van der Waals surface area contributed by atoms with Crippen molar-refractivity contribution >= 4 is 5.88 Å². The maximum absolute atomic E-state index is 6.08. The lowest BCUT2D eigenvalue weighted by Crippen LogP contribution is -2.10. The normalized spacial score (nSPS) is 27.2. The molecule has 4 heteroatoms. The molecule has 2 N–H and O–H groups in total. The van der Waals surface area contributed by atoms with Crippen LogP contribution in [0.15, 0.2) is 28.8 Å². The summed E-state index contributed by atoms with van der Waals surface area (Å²) in [4.78, 5) is 0. The van der Waals surface area contributed by atoms with Crippen molar-refractivity contribution in [3.05, 3.63) is 30.0 Å². The number of nitrogens with two attached hydrogens (primary N) is 1. The lowest BCUT2D eigenvalue weighted by Gasteiger charge is -2.20. The number of nitrogens with zero attached hydrogens (tertiary/aromatic N) is 1. The predicted molar refractivity (Wildman–Crippen MR) is 81.1 cm³/mol. The van der Waals surface area contributed by atoms with Crippen LogP contribution in [-0.2, 0) is 0 Å². The third-order valence-electron chi connectivity index (χ3n) is 5.21. The number of methoxy groups -OCH3 is 1. The summed E-state index contributed by atoms with van der Waals surface area (Å²) in [5, 5.41) is 4.31. The summed E-state index contributed by atoms with van der Waals surface area (Å²) < 4.78 is 10.8. The fourth-order valence-electron chi connectivity index (χ4n) is 4.27. The summed E-state index contributed by atoms with van der Waals surface area (Å²) in [6, 6.07) is 7.93. The van der Waals surface area contributed by atoms with Crippen LogP contribution in [0.25, 0.3) is 11.1 Å². The van der Waals surface area contributed by atoms with Crippen LogP contribution in [0.5, 0.6) is 5.75 Å². The summed E-state index contributed by atoms with van der Waals surface area (Å²) in [5.74, 6) is 3.31. The van der Waals surface area contributed by atoms with Gasteiger partial charge in [-0.05, 0) is 37.2 Å². The Morgan fingerprint density at radius 3 is 2.81 bits per heavy atom. The Kier molecular flexibility index (Phi) is 2.91. The minimum absolute atomic E-state index is 0.400. The van der Waals surface area contributed by atoms with Gasteiger partial charge in [-0.3, -0.25) is 0 Å². The van der Waals surface area contributed by atoms with Crippen molar-refractivity contribution in [3.8, 4) is 16.9 Å². The Bertz CT molecular complexity index is 665. The molecule has 110 valence electrons. The van der Waals surface area contributed by atoms with Gasteiger partial charge >= 0.3 is 0 Å². The minimum Gasteiger partial charge on any atom is -0.496 e. The number of hydrogen-bond donors (Lipinski definition) is 1. The number of nitrogen functional groups attached to an aromatic ring is 1. The lowest BCUT2D eigenvalue weighted by molar-refractivity contribution is 0.375. The summed E-state index contributed by atoms with van der Waals surface area (Å²) in [6.07, 6.45) is 5.24. The molecule has 2 fully saturated rings. The predicted octanol–water partition coefficient (Wildman–Crippen LogP) is 3.84. The van der Waals surface area contributed by atoms with Crippen molar-refractivity contribution in [1.82, 2.24) is 5.16 Å². The molecule has 0 aliphatic heterocycles. The summed E-state index contributed by atoms with van der Waals surface area (Å²) in [5.41, 5.74) is 9.03. The molecular weight excluding hydrogens is 264 g/mol. The zero-order valence-electron chi connectivity index (χ0n) is 12.2. The molecule has 3 atom stereocenters. The average molecular weight is 284 g/mol. The summed E-state index contributed by atoms with van der Waals surface area (Å²) >= 11 is 0. The standard InChI is InChI=1S/C17H20N2O2/c1-20-14-5-3-2-4-12(14)15-16(19-21-17(15)18)13-9-10-6-7-11(13)8-10/h2-5,10-11,13H,6-9,18H2,1H3. The molecule has 4 rings (SSSR count). The van der Waals surface area contributed by atoms with E-state index in [-0.39, 0.29) is 0 Å². The van der Waals surface area contributed by atoms with Crippen LogP contribution in [0.3, 0.4) is 0 Å². The van der Waals surface area contributed by atoms with E-state index < -0.39 is 0 Å². The van der Waals surface area contributed by atoms with Gasteiger partial charge in [0, 0.05) is 11.5 Å². The number of hydrogen-bond acceptors (Lipinski definition) is 4. The molecule has 1 aromatic heterocycles. The zero-order valence-corrected chi connectivity index (χ0v) is 12.2. The largest absolute Gasteiger partial charge is 0.496 e. The highest BCUT2D eigenvalue weighted by molar-refractivity contribution is 5.80. The molecule has 2 aliphatic rings. The Labute approximate surface area is 124 Å². The average Bonchev–Trinajstić information content (AvgIpc) is 3.22. The number of benzene rings is 1. The van der Waals surface area contributed by atoms with E-state index in [1.54, 1.807) is 7.11 Å². The Balaban J connectivity index is 1.81. The Hall–Kier alpha value is -1.97. The molecule has 0 saturated heterocycles. The topological polar surface area (TPSA) is 61.3 Å². The third-order valence-corrected chi connectivity index (χ3v) is 5.21. The second kappa shape index (κ2) is 4.79. The van der Waals surface area contributed by atoms with Crippen LogP contribution in [0, 0.1) is 11.8 Å². The smallest absolute Gasteiger partial charge is 0.230 e. The molecule has 2 bridgehead atoms. The maximum atomic E-state index is 6.08. The second-order valence-corrected chi connectivity index (χ2v) is 6.29. The van der Waals surface area contributed by atoms with Crippen LogP contribution < -0.4 is 10.5 Å². The van der Waals surface area contributed by atoms with Crippen molar-refractivity contribution in [3.63, 3.8) is 0 Å². The Morgan fingerprint density at radius 2 is 2.10 bits per heavy atom. The number of para-hydroxylation sites is 1. The molecule has 2 aromatic rings. The van der Waals surface area contributed by atoms with Gasteiger partial charge < -0.3 is 15.0 Å². The zero-order chi connectivity index (χ0) is 14.4. The molecule has 2 aliphatic carbocycles. The van der Waals surface area contributed by atoms with E-state index in [4.69, 9.17) is 15.0 Å². The third kappa shape index (κ3) is 1.93. The summed E-state index contributed by atoms with van der Waals surface area (Å²) in [6.45, 7) is 0. The molecular formula is C17H20N2O2. The van der Waals surface area contributed by atoms with Crippen molar-refractivity contribution < 1.29 is 9.26 Å². The molecule has 0 radical (unpaired) electrons. The van der Waals surface area contributed by atoms with Gasteiger partial charge in [-0.25, -0.2) is 0 Å². The van der Waals surface area contributed by atoms with Gasteiger partial charge in [-0.1, -0.05) is 29.8 Å². The van der Waals surface area contributed by atoms with Gasteiger partial charge in [0.1, 0.15) is 5.75 Å². The van der Waals surface area contributed by atoms with Gasteiger partial charge in [0.25, 0.3) is 0 Å². The minimum atomic E-state index is 0.400. The number of aromatic nitrogens is 1. The van der Waals surface area contributed by atoms with E-state index in [9.17, 15) is 0 Å². The van der Waals surface area contributed by atoms with Gasteiger partial charge in [-0.15, -0.1) is 0 Å². The van der Waals surface area contributed by atoms with E-state index in [1.807, 2.05) is 24.3 Å².